The molecule has 0 spiro atoms. The molecule has 5 nitrogen and oxygen atoms in total. The number of benzene rings is 1. The van der Waals surface area contributed by atoms with Crippen LogP contribution >= 0.6 is 23.2 Å². The normalized spacial score (nSPS) is 17.6. The molecule has 3 rings (SSSR count). The summed E-state index contributed by atoms with van der Waals surface area (Å²) in [5, 5.41) is 3.98. The summed E-state index contributed by atoms with van der Waals surface area (Å²) in [7, 11) is 0. The zero-order valence-corrected chi connectivity index (χ0v) is 14.6. The SMILES string of the molecule is O=C(NCc1ccc(Cl)c(Cl)c1)[C@@H]1CCCN(c2ncccn2)C1. The van der Waals surface area contributed by atoms with E-state index in [0.717, 1.165) is 24.9 Å². The van der Waals surface area contributed by atoms with Crippen LogP contribution in [0.15, 0.2) is 36.7 Å². The number of halogens is 2. The van der Waals surface area contributed by atoms with Crippen LogP contribution in [-0.2, 0) is 11.3 Å². The highest BCUT2D eigenvalue weighted by Crippen LogP contribution is 2.23. The predicted molar refractivity (Wildman–Crippen MR) is 95.3 cm³/mol. The Kier molecular flexibility index (Phi) is 5.53. The van der Waals surface area contributed by atoms with Crippen LogP contribution in [0.25, 0.3) is 0 Å². The van der Waals surface area contributed by atoms with Crippen LogP contribution in [-0.4, -0.2) is 29.0 Å². The van der Waals surface area contributed by atoms with Crippen molar-refractivity contribution < 1.29 is 4.79 Å². The molecule has 126 valence electrons. The van der Waals surface area contributed by atoms with Gasteiger partial charge < -0.3 is 10.2 Å². The van der Waals surface area contributed by atoms with Crippen molar-refractivity contribution in [3.8, 4) is 0 Å². The van der Waals surface area contributed by atoms with Crippen LogP contribution in [0.4, 0.5) is 5.95 Å². The summed E-state index contributed by atoms with van der Waals surface area (Å²) in [6.45, 7) is 1.95. The fourth-order valence-electron chi connectivity index (χ4n) is 2.81. The first kappa shape index (κ1) is 17.0. The molecule has 0 radical (unpaired) electrons. The van der Waals surface area contributed by atoms with Gasteiger partial charge in [-0.25, -0.2) is 9.97 Å². The van der Waals surface area contributed by atoms with Crippen molar-refractivity contribution in [3.05, 3.63) is 52.3 Å². The van der Waals surface area contributed by atoms with Crippen LogP contribution in [0.1, 0.15) is 18.4 Å². The van der Waals surface area contributed by atoms with E-state index in [1.54, 1.807) is 30.6 Å². The predicted octanol–water partition coefficient (Wildman–Crippen LogP) is 3.32. The van der Waals surface area contributed by atoms with Crippen LogP contribution in [0.3, 0.4) is 0 Å². The number of nitrogens with zero attached hydrogens (tertiary/aromatic N) is 3. The lowest BCUT2D eigenvalue weighted by atomic mass is 9.97. The molecule has 2 heterocycles. The Morgan fingerprint density at radius 2 is 2.04 bits per heavy atom. The van der Waals surface area contributed by atoms with E-state index in [1.807, 2.05) is 6.07 Å². The first-order valence-electron chi connectivity index (χ1n) is 7.87. The highest BCUT2D eigenvalue weighted by Gasteiger charge is 2.26. The van der Waals surface area contributed by atoms with Crippen molar-refractivity contribution in [2.45, 2.75) is 19.4 Å². The molecule has 1 aromatic carbocycles. The second kappa shape index (κ2) is 7.81. The second-order valence-electron chi connectivity index (χ2n) is 5.80. The molecule has 1 saturated heterocycles. The maximum Gasteiger partial charge on any atom is 0.225 e. The van der Waals surface area contributed by atoms with Crippen molar-refractivity contribution in [3.63, 3.8) is 0 Å². The van der Waals surface area contributed by atoms with Gasteiger partial charge in [0.1, 0.15) is 0 Å². The molecule has 2 aromatic rings. The molecular formula is C17H18Cl2N4O. The van der Waals surface area contributed by atoms with Crippen LogP contribution in [0, 0.1) is 5.92 Å². The fraction of sp³-hybridized carbons (Fsp3) is 0.353. The zero-order chi connectivity index (χ0) is 16.9. The lowest BCUT2D eigenvalue weighted by Crippen LogP contribution is -2.43. The summed E-state index contributed by atoms with van der Waals surface area (Å²) in [6, 6.07) is 7.16. The van der Waals surface area contributed by atoms with E-state index in [0.29, 0.717) is 29.1 Å². The van der Waals surface area contributed by atoms with Gasteiger partial charge in [-0.15, -0.1) is 0 Å². The topological polar surface area (TPSA) is 58.1 Å². The quantitative estimate of drug-likeness (QED) is 0.903. The van der Waals surface area contributed by atoms with Gasteiger partial charge in [-0.05, 0) is 36.6 Å². The summed E-state index contributed by atoms with van der Waals surface area (Å²) >= 11 is 11.9. The molecule has 0 unspecified atom stereocenters. The minimum Gasteiger partial charge on any atom is -0.352 e. The first-order valence-corrected chi connectivity index (χ1v) is 8.62. The molecule has 1 atom stereocenters. The van der Waals surface area contributed by atoms with E-state index in [9.17, 15) is 4.79 Å². The summed E-state index contributed by atoms with van der Waals surface area (Å²) in [5.74, 6) is 0.659. The Morgan fingerprint density at radius 3 is 2.79 bits per heavy atom. The highest BCUT2D eigenvalue weighted by atomic mass is 35.5. The Balaban J connectivity index is 1.57. The molecular weight excluding hydrogens is 347 g/mol. The van der Waals surface area contributed by atoms with Crippen molar-refractivity contribution in [1.29, 1.82) is 0 Å². The molecule has 0 bridgehead atoms. The maximum atomic E-state index is 12.5. The number of hydrogen-bond acceptors (Lipinski definition) is 4. The van der Waals surface area contributed by atoms with Crippen LogP contribution in [0.2, 0.25) is 10.0 Å². The Morgan fingerprint density at radius 1 is 1.25 bits per heavy atom. The number of amides is 1. The van der Waals surface area contributed by atoms with Crippen molar-refractivity contribution in [1.82, 2.24) is 15.3 Å². The largest absolute Gasteiger partial charge is 0.352 e. The molecule has 7 heteroatoms. The minimum atomic E-state index is -0.0645. The number of piperidine rings is 1. The molecule has 1 amide bonds. The summed E-state index contributed by atoms with van der Waals surface area (Å²) in [4.78, 5) is 23.1. The van der Waals surface area contributed by atoms with Crippen molar-refractivity contribution in [2.24, 2.45) is 5.92 Å². The summed E-state index contributed by atoms with van der Waals surface area (Å²) < 4.78 is 0. The number of carbonyl (C=O) groups excluding carboxylic acids is 1. The number of carbonyl (C=O) groups is 1. The van der Waals surface area contributed by atoms with Gasteiger partial charge in [-0.3, -0.25) is 4.79 Å². The average molecular weight is 365 g/mol. The number of rotatable bonds is 4. The van der Waals surface area contributed by atoms with E-state index in [-0.39, 0.29) is 11.8 Å². The van der Waals surface area contributed by atoms with E-state index in [2.05, 4.69) is 20.2 Å². The van der Waals surface area contributed by atoms with Gasteiger partial charge in [-0.1, -0.05) is 29.3 Å². The van der Waals surface area contributed by atoms with Gasteiger partial charge >= 0.3 is 0 Å². The lowest BCUT2D eigenvalue weighted by Gasteiger charge is -2.31. The fourth-order valence-corrected chi connectivity index (χ4v) is 3.13. The van der Waals surface area contributed by atoms with E-state index >= 15 is 0 Å². The van der Waals surface area contributed by atoms with Crippen molar-refractivity contribution in [2.75, 3.05) is 18.0 Å². The smallest absolute Gasteiger partial charge is 0.225 e. The molecule has 1 fully saturated rings. The second-order valence-corrected chi connectivity index (χ2v) is 6.61. The highest BCUT2D eigenvalue weighted by molar-refractivity contribution is 6.42. The summed E-state index contributed by atoms with van der Waals surface area (Å²) in [5.41, 5.74) is 0.928. The lowest BCUT2D eigenvalue weighted by molar-refractivity contribution is -0.125. The van der Waals surface area contributed by atoms with Gasteiger partial charge in [0, 0.05) is 32.0 Å². The first-order chi connectivity index (χ1) is 11.6. The zero-order valence-electron chi connectivity index (χ0n) is 13.1. The molecule has 1 N–H and O–H groups in total. The average Bonchev–Trinajstić information content (AvgIpc) is 2.63. The maximum absolute atomic E-state index is 12.5. The monoisotopic (exact) mass is 364 g/mol. The minimum absolute atomic E-state index is 0.0432. The van der Waals surface area contributed by atoms with E-state index in [1.165, 1.54) is 0 Å². The molecule has 1 aromatic heterocycles. The van der Waals surface area contributed by atoms with Gasteiger partial charge in [0.25, 0.3) is 0 Å². The van der Waals surface area contributed by atoms with Gasteiger partial charge in [0.2, 0.25) is 11.9 Å². The third-order valence-corrected chi connectivity index (χ3v) is 4.82. The molecule has 0 saturated carbocycles. The van der Waals surface area contributed by atoms with Crippen molar-refractivity contribution >= 4 is 35.1 Å². The number of aromatic nitrogens is 2. The summed E-state index contributed by atoms with van der Waals surface area (Å²) in [6.07, 6.45) is 5.26. The van der Waals surface area contributed by atoms with Crippen LogP contribution < -0.4 is 10.2 Å². The number of nitrogens with one attached hydrogen (secondary N) is 1. The third-order valence-electron chi connectivity index (χ3n) is 4.08. The Bertz CT molecular complexity index is 711. The standard InChI is InChI=1S/C17H18Cl2N4O/c18-14-5-4-12(9-15(14)19)10-22-16(24)13-3-1-8-23(11-13)17-20-6-2-7-21-17/h2,4-7,9,13H,1,3,8,10-11H2,(H,22,24)/t13-/m1/s1. The molecule has 1 aliphatic heterocycles. The third kappa shape index (κ3) is 4.16. The Hall–Kier alpha value is -1.85. The number of hydrogen-bond donors (Lipinski definition) is 1. The van der Waals surface area contributed by atoms with Gasteiger partial charge in [-0.2, -0.15) is 0 Å². The van der Waals surface area contributed by atoms with Gasteiger partial charge in [0.15, 0.2) is 0 Å². The Labute approximate surface area is 151 Å². The number of anilines is 1. The van der Waals surface area contributed by atoms with E-state index in [4.69, 9.17) is 23.2 Å². The molecule has 1 aliphatic rings. The van der Waals surface area contributed by atoms with E-state index < -0.39 is 0 Å². The van der Waals surface area contributed by atoms with Crippen LogP contribution in [0.5, 0.6) is 0 Å². The molecule has 0 aliphatic carbocycles. The molecule has 24 heavy (non-hydrogen) atoms. The van der Waals surface area contributed by atoms with Gasteiger partial charge in [0.05, 0.1) is 16.0 Å².